The minimum absolute atomic E-state index is 0.297. The minimum Gasteiger partial charge on any atom is -0.495 e. The number of amides is 1. The number of methoxy groups -OCH3 is 1. The maximum Gasteiger partial charge on any atom is 0.257 e. The number of anilines is 2. The summed E-state index contributed by atoms with van der Waals surface area (Å²) < 4.78 is 5.36. The zero-order valence-corrected chi connectivity index (χ0v) is 20.9. The first-order valence-corrected chi connectivity index (χ1v) is 16.8. The first-order valence-electron chi connectivity index (χ1n) is 9.83. The van der Waals surface area contributed by atoms with Gasteiger partial charge in [0.1, 0.15) is 21.9 Å². The summed E-state index contributed by atoms with van der Waals surface area (Å²) in [6.07, 6.45) is 0. The molecule has 2 aromatic rings. The van der Waals surface area contributed by atoms with Gasteiger partial charge in [-0.3, -0.25) is 4.79 Å². The number of nitrogen functional groups attached to an aromatic ring is 1. The van der Waals surface area contributed by atoms with Gasteiger partial charge in [0.15, 0.2) is 0 Å². The molecule has 30 heavy (non-hydrogen) atoms. The zero-order chi connectivity index (χ0) is 22.5. The van der Waals surface area contributed by atoms with Gasteiger partial charge in [0.25, 0.3) is 5.91 Å². The van der Waals surface area contributed by atoms with E-state index in [0.29, 0.717) is 28.3 Å². The van der Waals surface area contributed by atoms with Gasteiger partial charge in [-0.05, 0) is 36.4 Å². The average molecular weight is 435 g/mol. The van der Waals surface area contributed by atoms with E-state index in [1.807, 2.05) is 24.3 Å². The normalized spacial score (nSPS) is 10.9. The van der Waals surface area contributed by atoms with Crippen LogP contribution in [0.2, 0.25) is 39.3 Å². The van der Waals surface area contributed by atoms with Gasteiger partial charge in [0.05, 0.1) is 18.4 Å². The molecule has 0 aromatic heterocycles. The highest BCUT2D eigenvalue weighted by molar-refractivity contribution is 6.84. The highest BCUT2D eigenvalue weighted by atomic mass is 28.3. The van der Waals surface area contributed by atoms with Crippen LogP contribution in [-0.2, 0) is 0 Å². The van der Waals surface area contributed by atoms with Gasteiger partial charge in [-0.2, -0.15) is 0 Å². The molecule has 0 heterocycles. The van der Waals surface area contributed by atoms with Crippen LogP contribution in [0.1, 0.15) is 21.5 Å². The van der Waals surface area contributed by atoms with Crippen LogP contribution in [0, 0.1) is 22.9 Å². The fraction of sp³-hybridized carbons (Fsp3) is 0.292. The molecule has 0 spiro atoms. The Labute approximate surface area is 182 Å². The van der Waals surface area contributed by atoms with Crippen molar-refractivity contribution in [1.29, 1.82) is 0 Å². The Morgan fingerprint density at radius 1 is 0.900 bits per heavy atom. The molecule has 156 valence electrons. The highest BCUT2D eigenvalue weighted by Gasteiger charge is 2.16. The van der Waals surface area contributed by atoms with E-state index in [9.17, 15) is 4.79 Å². The van der Waals surface area contributed by atoms with Gasteiger partial charge in [-0.1, -0.05) is 51.1 Å². The molecule has 0 aliphatic carbocycles. The molecule has 0 aliphatic heterocycles. The molecular weight excluding hydrogens is 404 g/mol. The molecule has 4 nitrogen and oxygen atoms in total. The highest BCUT2D eigenvalue weighted by Crippen LogP contribution is 2.28. The lowest BCUT2D eigenvalue weighted by molar-refractivity contribution is 0.102. The lowest BCUT2D eigenvalue weighted by Gasteiger charge is -2.12. The molecule has 2 aromatic carbocycles. The molecule has 0 unspecified atom stereocenters. The molecule has 1 amide bonds. The van der Waals surface area contributed by atoms with Gasteiger partial charge in [-0.15, -0.1) is 11.1 Å². The third-order valence-electron chi connectivity index (χ3n) is 3.91. The summed E-state index contributed by atoms with van der Waals surface area (Å²) in [4.78, 5) is 12.9. The van der Waals surface area contributed by atoms with Gasteiger partial charge < -0.3 is 15.8 Å². The quantitative estimate of drug-likeness (QED) is 0.406. The van der Waals surface area contributed by atoms with Crippen LogP contribution in [0.5, 0.6) is 5.75 Å². The molecule has 0 bridgehead atoms. The van der Waals surface area contributed by atoms with Crippen LogP contribution >= 0.6 is 0 Å². The van der Waals surface area contributed by atoms with E-state index in [0.717, 1.165) is 5.56 Å². The summed E-state index contributed by atoms with van der Waals surface area (Å²) >= 11 is 0. The molecule has 0 saturated heterocycles. The predicted molar refractivity (Wildman–Crippen MR) is 132 cm³/mol. The lowest BCUT2D eigenvalue weighted by atomic mass is 10.1. The third kappa shape index (κ3) is 7.15. The number of nitrogens with one attached hydrogen (secondary N) is 1. The second-order valence-corrected chi connectivity index (χ2v) is 18.7. The fourth-order valence-electron chi connectivity index (χ4n) is 2.41. The number of benzene rings is 2. The van der Waals surface area contributed by atoms with E-state index in [-0.39, 0.29) is 5.91 Å². The smallest absolute Gasteiger partial charge is 0.257 e. The van der Waals surface area contributed by atoms with E-state index >= 15 is 0 Å². The summed E-state index contributed by atoms with van der Waals surface area (Å²) in [5.41, 5.74) is 15.8. The van der Waals surface area contributed by atoms with Crippen molar-refractivity contribution in [3.05, 3.63) is 53.1 Å². The fourth-order valence-corrected chi connectivity index (χ4v) is 3.45. The number of ether oxygens (including phenoxy) is 1. The van der Waals surface area contributed by atoms with Gasteiger partial charge >= 0.3 is 0 Å². The van der Waals surface area contributed by atoms with Crippen molar-refractivity contribution in [2.24, 2.45) is 0 Å². The van der Waals surface area contributed by atoms with Crippen LogP contribution in [-0.4, -0.2) is 29.2 Å². The molecule has 3 N–H and O–H groups in total. The van der Waals surface area contributed by atoms with Gasteiger partial charge in [0, 0.05) is 16.8 Å². The summed E-state index contributed by atoms with van der Waals surface area (Å²) in [6, 6.07) is 11.0. The van der Waals surface area contributed by atoms with Crippen molar-refractivity contribution in [3.63, 3.8) is 0 Å². The summed E-state index contributed by atoms with van der Waals surface area (Å²) in [5.74, 6) is 6.51. The van der Waals surface area contributed by atoms with Crippen molar-refractivity contribution >= 4 is 33.4 Å². The lowest BCUT2D eigenvalue weighted by Crippen LogP contribution is -2.17. The molecule has 0 aliphatic rings. The van der Waals surface area contributed by atoms with Crippen LogP contribution in [0.4, 0.5) is 11.4 Å². The standard InChI is InChI=1S/C24H30N2O2Si2/c1-28-22-17-19(13-15-30(5,6)7)16-21(23(22)25)24(27)26-20-10-8-18(9-11-20)12-14-29(2,3)4/h8-11,16-17H,25H2,1-7H3,(H,26,27). The summed E-state index contributed by atoms with van der Waals surface area (Å²) in [6.45, 7) is 13.1. The second kappa shape index (κ2) is 9.25. The molecule has 0 fully saturated rings. The van der Waals surface area contributed by atoms with Crippen molar-refractivity contribution < 1.29 is 9.53 Å². The van der Waals surface area contributed by atoms with Crippen LogP contribution < -0.4 is 15.8 Å². The maximum atomic E-state index is 12.9. The van der Waals surface area contributed by atoms with Crippen LogP contribution in [0.25, 0.3) is 0 Å². The zero-order valence-electron chi connectivity index (χ0n) is 18.9. The Kier molecular flexibility index (Phi) is 7.20. The number of rotatable bonds is 3. The molecule has 6 heteroatoms. The van der Waals surface area contributed by atoms with Crippen molar-refractivity contribution in [2.45, 2.75) is 39.3 Å². The molecule has 2 rings (SSSR count). The predicted octanol–water partition coefficient (Wildman–Crippen LogP) is 4.99. The van der Waals surface area contributed by atoms with E-state index in [1.165, 1.54) is 7.11 Å². The Balaban J connectivity index is 2.29. The Hall–Kier alpha value is -2.94. The first kappa shape index (κ1) is 23.3. The number of carbonyl (C=O) groups excluding carboxylic acids is 1. The minimum atomic E-state index is -1.55. The van der Waals surface area contributed by atoms with E-state index < -0.39 is 16.1 Å². The summed E-state index contributed by atoms with van der Waals surface area (Å²) in [7, 11) is -1.45. The SMILES string of the molecule is COc1cc(C#C[Si](C)(C)C)cc(C(=O)Nc2ccc(C#C[Si](C)(C)C)cc2)c1N. The number of carbonyl (C=O) groups is 1. The number of hydrogen-bond acceptors (Lipinski definition) is 3. The largest absolute Gasteiger partial charge is 0.495 e. The van der Waals surface area contributed by atoms with Crippen molar-refractivity contribution in [1.82, 2.24) is 0 Å². The van der Waals surface area contributed by atoms with Crippen molar-refractivity contribution in [2.75, 3.05) is 18.2 Å². The Morgan fingerprint density at radius 3 is 1.93 bits per heavy atom. The topological polar surface area (TPSA) is 64.3 Å². The maximum absolute atomic E-state index is 12.9. The van der Waals surface area contributed by atoms with E-state index in [1.54, 1.807) is 12.1 Å². The molecule has 0 saturated carbocycles. The Bertz CT molecular complexity index is 1060. The number of nitrogens with two attached hydrogens (primary N) is 1. The number of hydrogen-bond donors (Lipinski definition) is 2. The second-order valence-electron chi connectivity index (χ2n) is 9.17. The Morgan fingerprint density at radius 2 is 1.43 bits per heavy atom. The van der Waals surface area contributed by atoms with Gasteiger partial charge in [0.2, 0.25) is 0 Å². The van der Waals surface area contributed by atoms with E-state index in [4.69, 9.17) is 10.5 Å². The van der Waals surface area contributed by atoms with E-state index in [2.05, 4.69) is 67.5 Å². The molecular formula is C24H30N2O2Si2. The molecule has 0 atom stereocenters. The third-order valence-corrected chi connectivity index (χ3v) is 5.66. The van der Waals surface area contributed by atoms with Crippen molar-refractivity contribution in [3.8, 4) is 28.7 Å². The first-order chi connectivity index (χ1) is 13.9. The van der Waals surface area contributed by atoms with Crippen LogP contribution in [0.3, 0.4) is 0 Å². The van der Waals surface area contributed by atoms with Gasteiger partial charge in [-0.25, -0.2) is 0 Å². The van der Waals surface area contributed by atoms with Crippen LogP contribution in [0.15, 0.2) is 36.4 Å². The average Bonchev–Trinajstić information content (AvgIpc) is 2.65. The summed E-state index contributed by atoms with van der Waals surface area (Å²) in [5, 5.41) is 2.90. The molecule has 0 radical (unpaired) electrons. The monoisotopic (exact) mass is 434 g/mol.